The third-order valence-corrected chi connectivity index (χ3v) is 3.94. The number of anilines is 1. The Balaban J connectivity index is 1.84. The number of nitrogens with one attached hydrogen (secondary N) is 1. The zero-order valence-electron chi connectivity index (χ0n) is 10.2. The minimum absolute atomic E-state index is 0.285. The Hall–Kier alpha value is -1.60. The van der Waals surface area contributed by atoms with Gasteiger partial charge in [-0.2, -0.15) is 5.26 Å². The lowest BCUT2D eigenvalue weighted by Gasteiger charge is -2.26. The van der Waals surface area contributed by atoms with Gasteiger partial charge in [-0.05, 0) is 37.5 Å². The molecule has 18 heavy (non-hydrogen) atoms. The fourth-order valence-corrected chi connectivity index (χ4v) is 2.99. The molecule has 0 saturated carbocycles. The molecule has 2 heterocycles. The van der Waals surface area contributed by atoms with Gasteiger partial charge in [0.1, 0.15) is 5.82 Å². The van der Waals surface area contributed by atoms with E-state index >= 15 is 0 Å². The Bertz CT molecular complexity index is 494. The third-order valence-electron chi connectivity index (χ3n) is 3.94. The lowest BCUT2D eigenvalue weighted by molar-refractivity contribution is 0.563. The van der Waals surface area contributed by atoms with E-state index in [1.54, 1.807) is 12.1 Å². The SMILES string of the molecule is N#Cc1ccc(N2CCC3CCC(C2)N3)c(F)c1. The van der Waals surface area contributed by atoms with Crippen LogP contribution in [0.2, 0.25) is 0 Å². The molecule has 2 fully saturated rings. The maximum absolute atomic E-state index is 14.0. The van der Waals surface area contributed by atoms with Crippen LogP contribution in [0.25, 0.3) is 0 Å². The highest BCUT2D eigenvalue weighted by molar-refractivity contribution is 5.51. The van der Waals surface area contributed by atoms with E-state index in [1.807, 2.05) is 6.07 Å². The van der Waals surface area contributed by atoms with Gasteiger partial charge in [0.05, 0.1) is 17.3 Å². The number of hydrogen-bond donors (Lipinski definition) is 1. The molecule has 0 amide bonds. The molecule has 2 aliphatic rings. The highest BCUT2D eigenvalue weighted by atomic mass is 19.1. The number of nitriles is 1. The van der Waals surface area contributed by atoms with Gasteiger partial charge < -0.3 is 10.2 Å². The molecule has 0 spiro atoms. The summed E-state index contributed by atoms with van der Waals surface area (Å²) >= 11 is 0. The van der Waals surface area contributed by atoms with Crippen molar-refractivity contribution in [2.45, 2.75) is 31.3 Å². The summed E-state index contributed by atoms with van der Waals surface area (Å²) in [5.41, 5.74) is 1.01. The summed E-state index contributed by atoms with van der Waals surface area (Å²) in [7, 11) is 0. The van der Waals surface area contributed by atoms with E-state index in [-0.39, 0.29) is 5.82 Å². The van der Waals surface area contributed by atoms with Gasteiger partial charge in [-0.3, -0.25) is 0 Å². The first kappa shape index (κ1) is 11.5. The fraction of sp³-hybridized carbons (Fsp3) is 0.500. The molecule has 2 aliphatic heterocycles. The monoisotopic (exact) mass is 245 g/mol. The largest absolute Gasteiger partial charge is 0.368 e. The number of benzene rings is 1. The lowest BCUT2D eigenvalue weighted by Crippen LogP contribution is -2.35. The molecule has 3 nitrogen and oxygen atoms in total. The molecule has 2 atom stereocenters. The van der Waals surface area contributed by atoms with Crippen molar-refractivity contribution in [1.82, 2.24) is 5.32 Å². The average molecular weight is 245 g/mol. The molecule has 2 saturated heterocycles. The number of nitrogens with zero attached hydrogens (tertiary/aromatic N) is 2. The summed E-state index contributed by atoms with van der Waals surface area (Å²) in [6.07, 6.45) is 3.49. The predicted octanol–water partition coefficient (Wildman–Crippen LogP) is 2.03. The van der Waals surface area contributed by atoms with Gasteiger partial charge in [0, 0.05) is 25.2 Å². The maximum Gasteiger partial charge on any atom is 0.147 e. The van der Waals surface area contributed by atoms with E-state index in [2.05, 4.69) is 10.2 Å². The molecule has 94 valence electrons. The molecule has 1 aromatic carbocycles. The van der Waals surface area contributed by atoms with Crippen LogP contribution in [0.4, 0.5) is 10.1 Å². The second-order valence-corrected chi connectivity index (χ2v) is 5.15. The number of halogens is 1. The fourth-order valence-electron chi connectivity index (χ4n) is 2.99. The van der Waals surface area contributed by atoms with Crippen LogP contribution in [0.1, 0.15) is 24.8 Å². The van der Waals surface area contributed by atoms with Gasteiger partial charge in [-0.1, -0.05) is 0 Å². The van der Waals surface area contributed by atoms with Crippen molar-refractivity contribution in [2.24, 2.45) is 0 Å². The highest BCUT2D eigenvalue weighted by Gasteiger charge is 2.30. The van der Waals surface area contributed by atoms with Gasteiger partial charge in [0.15, 0.2) is 0 Å². The van der Waals surface area contributed by atoms with E-state index in [0.717, 1.165) is 19.5 Å². The van der Waals surface area contributed by atoms with E-state index in [0.29, 0.717) is 23.3 Å². The minimum Gasteiger partial charge on any atom is -0.368 e. The standard InChI is InChI=1S/C14H16FN3/c15-13-7-10(8-16)1-4-14(13)18-6-5-11-2-3-12(9-18)17-11/h1,4,7,11-12,17H,2-3,5-6,9H2. The first-order valence-corrected chi connectivity index (χ1v) is 6.47. The van der Waals surface area contributed by atoms with Crippen LogP contribution < -0.4 is 10.2 Å². The third kappa shape index (κ3) is 2.06. The van der Waals surface area contributed by atoms with Crippen LogP contribution in [0.3, 0.4) is 0 Å². The summed E-state index contributed by atoms with van der Waals surface area (Å²) in [4.78, 5) is 2.10. The van der Waals surface area contributed by atoms with Crippen molar-refractivity contribution < 1.29 is 4.39 Å². The van der Waals surface area contributed by atoms with Gasteiger partial charge in [0.25, 0.3) is 0 Å². The normalized spacial score (nSPS) is 26.8. The summed E-state index contributed by atoms with van der Waals surface area (Å²) in [6.45, 7) is 1.75. The molecular weight excluding hydrogens is 229 g/mol. The van der Waals surface area contributed by atoms with E-state index in [4.69, 9.17) is 5.26 Å². The van der Waals surface area contributed by atoms with Crippen molar-refractivity contribution in [3.8, 4) is 6.07 Å². The van der Waals surface area contributed by atoms with Crippen molar-refractivity contribution >= 4 is 5.69 Å². The van der Waals surface area contributed by atoms with Crippen LogP contribution in [0, 0.1) is 17.1 Å². The summed E-state index contributed by atoms with van der Waals surface area (Å²) < 4.78 is 14.0. The van der Waals surface area contributed by atoms with Crippen LogP contribution in [0.5, 0.6) is 0 Å². The van der Waals surface area contributed by atoms with Gasteiger partial charge >= 0.3 is 0 Å². The van der Waals surface area contributed by atoms with Gasteiger partial charge in [-0.25, -0.2) is 4.39 Å². The predicted molar refractivity (Wildman–Crippen MR) is 67.9 cm³/mol. The Kier molecular flexibility index (Phi) is 2.92. The lowest BCUT2D eigenvalue weighted by atomic mass is 10.1. The van der Waals surface area contributed by atoms with Crippen molar-refractivity contribution in [2.75, 3.05) is 18.0 Å². The Morgan fingerprint density at radius 1 is 1.28 bits per heavy atom. The van der Waals surface area contributed by atoms with Gasteiger partial charge in [0.2, 0.25) is 0 Å². The topological polar surface area (TPSA) is 39.1 Å². The van der Waals surface area contributed by atoms with Crippen molar-refractivity contribution in [1.29, 1.82) is 5.26 Å². The van der Waals surface area contributed by atoms with E-state index in [9.17, 15) is 4.39 Å². The second kappa shape index (κ2) is 4.58. The second-order valence-electron chi connectivity index (χ2n) is 5.15. The number of fused-ring (bicyclic) bond motifs is 2. The number of rotatable bonds is 1. The molecule has 2 bridgehead atoms. The zero-order chi connectivity index (χ0) is 12.5. The van der Waals surface area contributed by atoms with Gasteiger partial charge in [-0.15, -0.1) is 0 Å². The maximum atomic E-state index is 14.0. The number of hydrogen-bond acceptors (Lipinski definition) is 3. The first-order chi connectivity index (χ1) is 8.76. The van der Waals surface area contributed by atoms with Crippen LogP contribution in [-0.2, 0) is 0 Å². The van der Waals surface area contributed by atoms with Crippen LogP contribution in [0.15, 0.2) is 18.2 Å². The van der Waals surface area contributed by atoms with E-state index < -0.39 is 0 Å². The Morgan fingerprint density at radius 2 is 2.11 bits per heavy atom. The smallest absolute Gasteiger partial charge is 0.147 e. The van der Waals surface area contributed by atoms with Crippen molar-refractivity contribution in [3.05, 3.63) is 29.6 Å². The molecule has 0 aromatic heterocycles. The van der Waals surface area contributed by atoms with E-state index in [1.165, 1.54) is 18.9 Å². The summed E-state index contributed by atoms with van der Waals surface area (Å²) in [5.74, 6) is -0.285. The molecule has 4 heteroatoms. The Labute approximate surface area is 106 Å². The van der Waals surface area contributed by atoms with Crippen LogP contribution >= 0.6 is 0 Å². The van der Waals surface area contributed by atoms with Crippen LogP contribution in [-0.4, -0.2) is 25.2 Å². The molecule has 2 unspecified atom stereocenters. The minimum atomic E-state index is -0.285. The summed E-state index contributed by atoms with van der Waals surface area (Å²) in [6, 6.07) is 7.79. The molecule has 0 radical (unpaired) electrons. The highest BCUT2D eigenvalue weighted by Crippen LogP contribution is 2.26. The average Bonchev–Trinajstić information content (AvgIpc) is 2.70. The molecule has 1 N–H and O–H groups in total. The van der Waals surface area contributed by atoms with Crippen molar-refractivity contribution in [3.63, 3.8) is 0 Å². The molecular formula is C14H16FN3. The molecule has 1 aromatic rings. The first-order valence-electron chi connectivity index (χ1n) is 6.47. The quantitative estimate of drug-likeness (QED) is 0.822. The molecule has 3 rings (SSSR count). The Morgan fingerprint density at radius 3 is 2.89 bits per heavy atom. The summed E-state index contributed by atoms with van der Waals surface area (Å²) in [5, 5.41) is 12.3. The zero-order valence-corrected chi connectivity index (χ0v) is 10.2. The molecule has 0 aliphatic carbocycles.